The fraction of sp³-hybridized carbons (Fsp3) is 0.429. The van der Waals surface area contributed by atoms with Gasteiger partial charge in [-0.15, -0.1) is 0 Å². The second-order valence-corrected chi connectivity index (χ2v) is 5.20. The van der Waals surface area contributed by atoms with Gasteiger partial charge in [-0.25, -0.2) is 0 Å². The molecule has 114 valence electrons. The minimum absolute atomic E-state index is 0.198. The number of methoxy groups -OCH3 is 1. The van der Waals surface area contributed by atoms with Crippen LogP contribution in [-0.2, 0) is 13.2 Å². The Morgan fingerprint density at radius 3 is 2.81 bits per heavy atom. The maximum Gasteiger partial charge on any atom is 0.213 e. The van der Waals surface area contributed by atoms with Crippen molar-refractivity contribution in [2.24, 2.45) is 0 Å². The van der Waals surface area contributed by atoms with Crippen molar-refractivity contribution >= 4 is 11.6 Å². The number of rotatable bonds is 7. The third-order valence-electron chi connectivity index (χ3n) is 2.77. The summed E-state index contributed by atoms with van der Waals surface area (Å²) in [4.78, 5) is 3.92. The highest BCUT2D eigenvalue weighted by atomic mass is 35.5. The molecule has 0 aliphatic heterocycles. The van der Waals surface area contributed by atoms with Gasteiger partial charge in [-0.2, -0.15) is 4.98 Å². The van der Waals surface area contributed by atoms with Gasteiger partial charge < -0.3 is 19.3 Å². The Hall–Kier alpha value is -1.79. The van der Waals surface area contributed by atoms with Crippen LogP contribution in [0, 0.1) is 0 Å². The summed E-state index contributed by atoms with van der Waals surface area (Å²) in [5, 5.41) is 7.64. The Labute approximate surface area is 128 Å². The first-order chi connectivity index (χ1) is 10.1. The molecule has 0 fully saturated rings. The molecule has 2 rings (SSSR count). The number of halogens is 1. The molecule has 1 aromatic heterocycles. The Kier molecular flexibility index (Phi) is 5.41. The lowest BCUT2D eigenvalue weighted by Gasteiger charge is -2.16. The minimum Gasteiger partial charge on any atom is -0.493 e. The topological polar surface area (TPSA) is 69.4 Å². The SMILES string of the molecule is COc1cc(Cl)cc(CNC(C)C)c1OCc1ncon1. The van der Waals surface area contributed by atoms with Gasteiger partial charge in [0.1, 0.15) is 0 Å². The molecule has 0 radical (unpaired) electrons. The molecular weight excluding hydrogens is 294 g/mol. The first kappa shape index (κ1) is 15.6. The van der Waals surface area contributed by atoms with Crippen molar-refractivity contribution in [1.82, 2.24) is 15.5 Å². The second-order valence-electron chi connectivity index (χ2n) is 4.77. The van der Waals surface area contributed by atoms with E-state index in [9.17, 15) is 0 Å². The van der Waals surface area contributed by atoms with Gasteiger partial charge in [0.05, 0.1) is 7.11 Å². The summed E-state index contributed by atoms with van der Waals surface area (Å²) >= 11 is 6.11. The van der Waals surface area contributed by atoms with Crippen molar-refractivity contribution in [3.8, 4) is 11.5 Å². The maximum atomic E-state index is 6.11. The lowest BCUT2D eigenvalue weighted by Crippen LogP contribution is -2.22. The predicted molar refractivity (Wildman–Crippen MR) is 78.6 cm³/mol. The monoisotopic (exact) mass is 311 g/mol. The van der Waals surface area contributed by atoms with Crippen molar-refractivity contribution in [3.05, 3.63) is 34.9 Å². The van der Waals surface area contributed by atoms with Crippen LogP contribution in [0.2, 0.25) is 5.02 Å². The molecule has 0 unspecified atom stereocenters. The van der Waals surface area contributed by atoms with Gasteiger partial charge >= 0.3 is 0 Å². The highest BCUT2D eigenvalue weighted by Gasteiger charge is 2.14. The second kappa shape index (κ2) is 7.28. The van der Waals surface area contributed by atoms with E-state index in [1.54, 1.807) is 13.2 Å². The normalized spacial score (nSPS) is 10.9. The zero-order valence-corrected chi connectivity index (χ0v) is 13.0. The Balaban J connectivity index is 2.21. The molecule has 2 aromatic rings. The highest BCUT2D eigenvalue weighted by molar-refractivity contribution is 6.30. The van der Waals surface area contributed by atoms with Gasteiger partial charge in [0, 0.05) is 29.2 Å². The quantitative estimate of drug-likeness (QED) is 0.848. The van der Waals surface area contributed by atoms with Crippen LogP contribution in [0.25, 0.3) is 0 Å². The lowest BCUT2D eigenvalue weighted by molar-refractivity contribution is 0.266. The maximum absolute atomic E-state index is 6.11. The number of benzene rings is 1. The fourth-order valence-electron chi connectivity index (χ4n) is 1.78. The Morgan fingerprint density at radius 2 is 2.19 bits per heavy atom. The standard InChI is InChI=1S/C14H18ClN3O3/c1-9(2)16-6-10-4-11(15)5-12(19-3)14(10)20-7-13-17-8-21-18-13/h4-5,8-9,16H,6-7H2,1-3H3. The summed E-state index contributed by atoms with van der Waals surface area (Å²) in [5.74, 6) is 1.67. The van der Waals surface area contributed by atoms with E-state index in [1.807, 2.05) is 6.07 Å². The average Bonchev–Trinajstić information content (AvgIpc) is 2.96. The third kappa shape index (κ3) is 4.34. The summed E-state index contributed by atoms with van der Waals surface area (Å²) in [6.45, 7) is 4.96. The molecule has 1 N–H and O–H groups in total. The van der Waals surface area contributed by atoms with Crippen LogP contribution in [-0.4, -0.2) is 23.3 Å². The van der Waals surface area contributed by atoms with Gasteiger partial charge in [-0.1, -0.05) is 30.6 Å². The zero-order chi connectivity index (χ0) is 15.2. The molecule has 6 nitrogen and oxygen atoms in total. The molecular formula is C14H18ClN3O3. The molecule has 1 aromatic carbocycles. The van der Waals surface area contributed by atoms with Crippen molar-refractivity contribution in [2.45, 2.75) is 33.0 Å². The van der Waals surface area contributed by atoms with Gasteiger partial charge in [0.2, 0.25) is 12.2 Å². The van der Waals surface area contributed by atoms with Crippen LogP contribution in [0.4, 0.5) is 0 Å². The van der Waals surface area contributed by atoms with Crippen LogP contribution in [0.5, 0.6) is 11.5 Å². The molecule has 0 amide bonds. The molecule has 0 saturated heterocycles. The van der Waals surface area contributed by atoms with Crippen LogP contribution >= 0.6 is 11.6 Å². The van der Waals surface area contributed by atoms with Gasteiger partial charge in [0.15, 0.2) is 18.1 Å². The van der Waals surface area contributed by atoms with E-state index >= 15 is 0 Å². The van der Waals surface area contributed by atoms with Gasteiger partial charge in [0.25, 0.3) is 0 Å². The van der Waals surface area contributed by atoms with Gasteiger partial charge in [-0.3, -0.25) is 0 Å². The summed E-state index contributed by atoms with van der Waals surface area (Å²) in [6.07, 6.45) is 1.26. The number of ether oxygens (including phenoxy) is 2. The molecule has 21 heavy (non-hydrogen) atoms. The van der Waals surface area contributed by atoms with Crippen molar-refractivity contribution < 1.29 is 14.0 Å². The summed E-state index contributed by atoms with van der Waals surface area (Å²) in [7, 11) is 1.58. The number of hydrogen-bond donors (Lipinski definition) is 1. The molecule has 0 aliphatic carbocycles. The average molecular weight is 312 g/mol. The molecule has 0 bridgehead atoms. The van der Waals surface area contributed by atoms with Crippen molar-refractivity contribution in [2.75, 3.05) is 7.11 Å². The highest BCUT2D eigenvalue weighted by Crippen LogP contribution is 2.35. The van der Waals surface area contributed by atoms with E-state index in [0.29, 0.717) is 34.9 Å². The predicted octanol–water partition coefficient (Wildman–Crippen LogP) is 2.81. The van der Waals surface area contributed by atoms with E-state index in [1.165, 1.54) is 6.39 Å². The first-order valence-electron chi connectivity index (χ1n) is 6.58. The summed E-state index contributed by atoms with van der Waals surface area (Å²) < 4.78 is 15.8. The molecule has 0 atom stereocenters. The fourth-order valence-corrected chi connectivity index (χ4v) is 2.01. The van der Waals surface area contributed by atoms with E-state index in [4.69, 9.17) is 21.1 Å². The van der Waals surface area contributed by atoms with Crippen LogP contribution < -0.4 is 14.8 Å². The minimum atomic E-state index is 0.198. The van der Waals surface area contributed by atoms with Crippen LogP contribution in [0.1, 0.15) is 25.2 Å². The first-order valence-corrected chi connectivity index (χ1v) is 6.95. The molecule has 1 heterocycles. The zero-order valence-electron chi connectivity index (χ0n) is 12.2. The number of nitrogens with one attached hydrogen (secondary N) is 1. The molecule has 0 saturated carbocycles. The van der Waals surface area contributed by atoms with E-state index in [2.05, 4.69) is 33.8 Å². The number of aromatic nitrogens is 2. The molecule has 0 spiro atoms. The van der Waals surface area contributed by atoms with Crippen molar-refractivity contribution in [1.29, 1.82) is 0 Å². The third-order valence-corrected chi connectivity index (χ3v) is 2.99. The number of hydrogen-bond acceptors (Lipinski definition) is 6. The summed E-state index contributed by atoms with van der Waals surface area (Å²) in [5.41, 5.74) is 0.913. The van der Waals surface area contributed by atoms with E-state index < -0.39 is 0 Å². The van der Waals surface area contributed by atoms with Crippen molar-refractivity contribution in [3.63, 3.8) is 0 Å². The smallest absolute Gasteiger partial charge is 0.213 e. The molecule has 7 heteroatoms. The van der Waals surface area contributed by atoms with Crippen LogP contribution in [0.3, 0.4) is 0 Å². The summed E-state index contributed by atoms with van der Waals surface area (Å²) in [6, 6.07) is 3.91. The number of nitrogens with zero attached hydrogens (tertiary/aromatic N) is 2. The van der Waals surface area contributed by atoms with Crippen LogP contribution in [0.15, 0.2) is 23.0 Å². The van der Waals surface area contributed by atoms with E-state index in [0.717, 1.165) is 5.56 Å². The lowest BCUT2D eigenvalue weighted by atomic mass is 10.1. The Morgan fingerprint density at radius 1 is 1.38 bits per heavy atom. The van der Waals surface area contributed by atoms with Gasteiger partial charge in [-0.05, 0) is 6.07 Å². The largest absolute Gasteiger partial charge is 0.493 e. The van der Waals surface area contributed by atoms with E-state index in [-0.39, 0.29) is 6.61 Å². The Bertz CT molecular complexity index is 573. The molecule has 0 aliphatic rings.